The van der Waals surface area contributed by atoms with Crippen LogP contribution in [0.4, 0.5) is 0 Å². The SMILES string of the molecule is CN1CCC(NS(=O)(=O)/C=C/c2ccccc2)C1. The molecule has 0 saturated carbocycles. The molecule has 1 fully saturated rings. The average molecular weight is 266 g/mol. The minimum atomic E-state index is -3.34. The van der Waals surface area contributed by atoms with Gasteiger partial charge in [-0.15, -0.1) is 0 Å². The summed E-state index contributed by atoms with van der Waals surface area (Å²) in [4.78, 5) is 2.12. The molecule has 1 aromatic rings. The number of likely N-dealkylation sites (tertiary alicyclic amines) is 1. The van der Waals surface area contributed by atoms with E-state index in [9.17, 15) is 8.42 Å². The molecule has 1 aliphatic rings. The van der Waals surface area contributed by atoms with E-state index in [1.54, 1.807) is 6.08 Å². The van der Waals surface area contributed by atoms with Crippen molar-refractivity contribution in [1.29, 1.82) is 0 Å². The number of nitrogens with one attached hydrogen (secondary N) is 1. The molecule has 0 amide bonds. The average Bonchev–Trinajstić information content (AvgIpc) is 2.73. The quantitative estimate of drug-likeness (QED) is 0.893. The van der Waals surface area contributed by atoms with Crippen LogP contribution in [0.15, 0.2) is 35.7 Å². The van der Waals surface area contributed by atoms with Crippen molar-refractivity contribution in [2.24, 2.45) is 0 Å². The summed E-state index contributed by atoms with van der Waals surface area (Å²) in [6.45, 7) is 1.72. The molecule has 1 unspecified atom stereocenters. The van der Waals surface area contributed by atoms with Crippen LogP contribution in [0.2, 0.25) is 0 Å². The summed E-state index contributed by atoms with van der Waals surface area (Å²) in [7, 11) is -1.35. The van der Waals surface area contributed by atoms with Crippen molar-refractivity contribution in [1.82, 2.24) is 9.62 Å². The second-order valence-corrected chi connectivity index (χ2v) is 6.22. The molecule has 18 heavy (non-hydrogen) atoms. The monoisotopic (exact) mass is 266 g/mol. The highest BCUT2D eigenvalue weighted by Gasteiger charge is 2.22. The van der Waals surface area contributed by atoms with Gasteiger partial charge in [-0.05, 0) is 31.7 Å². The second-order valence-electron chi connectivity index (χ2n) is 4.62. The van der Waals surface area contributed by atoms with Gasteiger partial charge in [0.05, 0.1) is 0 Å². The van der Waals surface area contributed by atoms with Gasteiger partial charge in [-0.25, -0.2) is 13.1 Å². The number of likely N-dealkylation sites (N-methyl/N-ethyl adjacent to an activating group) is 1. The van der Waals surface area contributed by atoms with Crippen LogP contribution in [0.25, 0.3) is 6.08 Å². The lowest BCUT2D eigenvalue weighted by molar-refractivity contribution is 0.407. The molecule has 4 nitrogen and oxygen atoms in total. The first-order valence-electron chi connectivity index (χ1n) is 5.99. The van der Waals surface area contributed by atoms with Crippen molar-refractivity contribution >= 4 is 16.1 Å². The summed E-state index contributed by atoms with van der Waals surface area (Å²) in [5.41, 5.74) is 0.881. The van der Waals surface area contributed by atoms with Gasteiger partial charge in [-0.1, -0.05) is 30.3 Å². The van der Waals surface area contributed by atoms with Crippen molar-refractivity contribution in [3.63, 3.8) is 0 Å². The summed E-state index contributed by atoms with van der Waals surface area (Å²) in [6.07, 6.45) is 2.48. The Kier molecular flexibility index (Phi) is 4.16. The molecule has 1 aliphatic heterocycles. The molecule has 0 aliphatic carbocycles. The number of sulfonamides is 1. The zero-order valence-corrected chi connectivity index (χ0v) is 11.2. The number of nitrogens with zero attached hydrogens (tertiary/aromatic N) is 1. The molecule has 0 aromatic heterocycles. The van der Waals surface area contributed by atoms with Gasteiger partial charge in [-0.2, -0.15) is 0 Å². The fraction of sp³-hybridized carbons (Fsp3) is 0.385. The number of hydrogen-bond acceptors (Lipinski definition) is 3. The van der Waals surface area contributed by atoms with E-state index in [1.807, 2.05) is 37.4 Å². The molecule has 5 heteroatoms. The lowest BCUT2D eigenvalue weighted by Crippen LogP contribution is -2.35. The third-order valence-corrected chi connectivity index (χ3v) is 4.12. The van der Waals surface area contributed by atoms with Crippen molar-refractivity contribution in [2.75, 3.05) is 20.1 Å². The highest BCUT2D eigenvalue weighted by Crippen LogP contribution is 2.09. The van der Waals surface area contributed by atoms with Crippen LogP contribution in [0.3, 0.4) is 0 Å². The van der Waals surface area contributed by atoms with E-state index >= 15 is 0 Å². The van der Waals surface area contributed by atoms with Crippen LogP contribution in [0.5, 0.6) is 0 Å². The fourth-order valence-electron chi connectivity index (χ4n) is 2.04. The van der Waals surface area contributed by atoms with Crippen LogP contribution in [0, 0.1) is 0 Å². The van der Waals surface area contributed by atoms with E-state index in [1.165, 1.54) is 5.41 Å². The summed E-state index contributed by atoms with van der Waals surface area (Å²) >= 11 is 0. The maximum Gasteiger partial charge on any atom is 0.234 e. The molecule has 0 bridgehead atoms. The third-order valence-electron chi connectivity index (χ3n) is 2.96. The Labute approximate surface area is 108 Å². The molecular weight excluding hydrogens is 248 g/mol. The second kappa shape index (κ2) is 5.65. The Morgan fingerprint density at radius 1 is 1.33 bits per heavy atom. The molecule has 98 valence electrons. The molecular formula is C13H18N2O2S. The first-order chi connectivity index (χ1) is 8.55. The summed E-state index contributed by atoms with van der Waals surface area (Å²) < 4.78 is 26.4. The van der Waals surface area contributed by atoms with Gasteiger partial charge >= 0.3 is 0 Å². The molecule has 1 N–H and O–H groups in total. The summed E-state index contributed by atoms with van der Waals surface area (Å²) in [5, 5.41) is 1.24. The van der Waals surface area contributed by atoms with Gasteiger partial charge in [0.25, 0.3) is 0 Å². The van der Waals surface area contributed by atoms with Crippen molar-refractivity contribution in [3.8, 4) is 0 Å². The van der Waals surface area contributed by atoms with Crippen molar-refractivity contribution < 1.29 is 8.42 Å². The Morgan fingerprint density at radius 2 is 2.06 bits per heavy atom. The zero-order valence-electron chi connectivity index (χ0n) is 10.4. The van der Waals surface area contributed by atoms with Crippen LogP contribution >= 0.6 is 0 Å². The van der Waals surface area contributed by atoms with E-state index in [-0.39, 0.29) is 6.04 Å². The van der Waals surface area contributed by atoms with Gasteiger partial charge in [0.1, 0.15) is 0 Å². The van der Waals surface area contributed by atoms with E-state index < -0.39 is 10.0 Å². The first-order valence-corrected chi connectivity index (χ1v) is 7.54. The number of rotatable bonds is 4. The highest BCUT2D eigenvalue weighted by molar-refractivity contribution is 7.92. The maximum atomic E-state index is 11.9. The topological polar surface area (TPSA) is 49.4 Å². The van der Waals surface area contributed by atoms with Crippen molar-refractivity contribution in [3.05, 3.63) is 41.3 Å². The highest BCUT2D eigenvalue weighted by atomic mass is 32.2. The Morgan fingerprint density at radius 3 is 2.67 bits per heavy atom. The molecule has 1 aromatic carbocycles. The smallest absolute Gasteiger partial charge is 0.234 e. The maximum absolute atomic E-state index is 11.9. The Balaban J connectivity index is 1.97. The summed E-state index contributed by atoms with van der Waals surface area (Å²) in [6, 6.07) is 9.43. The molecule has 0 spiro atoms. The van der Waals surface area contributed by atoms with Crippen LogP contribution in [-0.4, -0.2) is 39.5 Å². The van der Waals surface area contributed by atoms with Gasteiger partial charge in [-0.3, -0.25) is 0 Å². The first kappa shape index (κ1) is 13.3. The standard InChI is InChI=1S/C13H18N2O2S/c1-15-9-7-13(11-15)14-18(16,17)10-8-12-5-3-2-4-6-12/h2-6,8,10,13-14H,7,9,11H2,1H3/b10-8+. The summed E-state index contributed by atoms with van der Waals surface area (Å²) in [5.74, 6) is 0. The minimum absolute atomic E-state index is 0.0282. The molecule has 1 saturated heterocycles. The molecule has 0 radical (unpaired) electrons. The Hall–Kier alpha value is -1.17. The lowest BCUT2D eigenvalue weighted by Gasteiger charge is -2.10. The zero-order chi connectivity index (χ0) is 13.0. The van der Waals surface area contributed by atoms with Crippen LogP contribution < -0.4 is 4.72 Å². The predicted molar refractivity (Wildman–Crippen MR) is 73.4 cm³/mol. The lowest BCUT2D eigenvalue weighted by atomic mass is 10.2. The molecule has 1 atom stereocenters. The largest absolute Gasteiger partial charge is 0.305 e. The van der Waals surface area contributed by atoms with Gasteiger partial charge < -0.3 is 4.90 Å². The van der Waals surface area contributed by atoms with E-state index in [0.29, 0.717) is 0 Å². The Bertz CT molecular complexity index is 511. The minimum Gasteiger partial charge on any atom is -0.305 e. The normalized spacial score (nSPS) is 21.7. The molecule has 2 rings (SSSR count). The van der Waals surface area contributed by atoms with E-state index in [0.717, 1.165) is 25.1 Å². The van der Waals surface area contributed by atoms with Gasteiger partial charge in [0, 0.05) is 18.0 Å². The number of hydrogen-bond donors (Lipinski definition) is 1. The third kappa shape index (κ3) is 3.94. The van der Waals surface area contributed by atoms with Crippen LogP contribution in [-0.2, 0) is 10.0 Å². The number of benzene rings is 1. The van der Waals surface area contributed by atoms with E-state index in [2.05, 4.69) is 9.62 Å². The van der Waals surface area contributed by atoms with Gasteiger partial charge in [0.2, 0.25) is 10.0 Å². The van der Waals surface area contributed by atoms with E-state index in [4.69, 9.17) is 0 Å². The molecule has 1 heterocycles. The van der Waals surface area contributed by atoms with Gasteiger partial charge in [0.15, 0.2) is 0 Å². The van der Waals surface area contributed by atoms with Crippen LogP contribution in [0.1, 0.15) is 12.0 Å². The fourth-order valence-corrected chi connectivity index (χ4v) is 3.11. The van der Waals surface area contributed by atoms with Crippen molar-refractivity contribution in [2.45, 2.75) is 12.5 Å². The predicted octanol–water partition coefficient (Wildman–Crippen LogP) is 1.28.